The summed E-state index contributed by atoms with van der Waals surface area (Å²) in [5, 5.41) is 10.4. The fourth-order valence-electron chi connectivity index (χ4n) is 1.65. The molecule has 0 atom stereocenters. The number of ether oxygens (including phenoxy) is 2. The van der Waals surface area contributed by atoms with Crippen LogP contribution in [0.5, 0.6) is 17.2 Å². The monoisotopic (exact) mass is 262 g/mol. The molecule has 19 heavy (non-hydrogen) atoms. The summed E-state index contributed by atoms with van der Waals surface area (Å²) in [7, 11) is 0. The highest BCUT2D eigenvalue weighted by molar-refractivity contribution is 5.86. The van der Waals surface area contributed by atoms with E-state index in [0.29, 0.717) is 17.7 Å². The van der Waals surface area contributed by atoms with Gasteiger partial charge in [0.05, 0.1) is 18.3 Å². The number of benzene rings is 1. The van der Waals surface area contributed by atoms with E-state index in [2.05, 4.69) is 6.58 Å². The molecule has 0 aliphatic heterocycles. The molecule has 5 heteroatoms. The molecule has 2 aromatic rings. The summed E-state index contributed by atoms with van der Waals surface area (Å²) in [6.45, 7) is 5.67. The predicted octanol–water partition coefficient (Wildman–Crippen LogP) is 2.81. The quantitative estimate of drug-likeness (QED) is 0.662. The summed E-state index contributed by atoms with van der Waals surface area (Å²) in [5.74, 6) is 0.0869. The van der Waals surface area contributed by atoms with Gasteiger partial charge >= 0.3 is 5.63 Å². The molecule has 0 bridgehead atoms. The van der Waals surface area contributed by atoms with Gasteiger partial charge in [0.15, 0.2) is 5.75 Å². The van der Waals surface area contributed by atoms with Crippen LogP contribution in [0.25, 0.3) is 11.0 Å². The number of hydrogen-bond donors (Lipinski definition) is 1. The SMILES string of the molecule is C=COc1ccc2c(O)c(OCCC)c(=O)oc2c1. The van der Waals surface area contributed by atoms with Gasteiger partial charge in [-0.05, 0) is 18.6 Å². The zero-order chi connectivity index (χ0) is 13.8. The summed E-state index contributed by atoms with van der Waals surface area (Å²) in [4.78, 5) is 11.7. The Morgan fingerprint density at radius 1 is 1.47 bits per heavy atom. The van der Waals surface area contributed by atoms with E-state index in [1.807, 2.05) is 6.92 Å². The maximum Gasteiger partial charge on any atom is 0.383 e. The molecule has 1 aromatic heterocycles. The molecular weight excluding hydrogens is 248 g/mol. The average molecular weight is 262 g/mol. The summed E-state index contributed by atoms with van der Waals surface area (Å²) >= 11 is 0. The molecule has 0 radical (unpaired) electrons. The summed E-state index contributed by atoms with van der Waals surface area (Å²) < 4.78 is 15.4. The molecule has 1 N–H and O–H groups in total. The maximum atomic E-state index is 11.7. The Kier molecular flexibility index (Phi) is 3.75. The van der Waals surface area contributed by atoms with Crippen LogP contribution < -0.4 is 15.1 Å². The molecule has 0 aliphatic carbocycles. The first-order valence-electron chi connectivity index (χ1n) is 5.87. The van der Waals surface area contributed by atoms with Crippen molar-refractivity contribution in [2.24, 2.45) is 0 Å². The molecule has 0 fully saturated rings. The second-order valence-corrected chi connectivity index (χ2v) is 3.86. The third-order valence-electron chi connectivity index (χ3n) is 2.48. The standard InChI is InChI=1S/C14H14O5/c1-3-7-18-13-12(15)10-6-5-9(17-4-2)8-11(10)19-14(13)16/h4-6,8,15H,2-3,7H2,1H3. The van der Waals surface area contributed by atoms with Crippen LogP contribution in [0, 0.1) is 0 Å². The molecule has 0 amide bonds. The summed E-state index contributed by atoms with van der Waals surface area (Å²) in [5.41, 5.74) is -0.486. The number of aromatic hydroxyl groups is 1. The van der Waals surface area contributed by atoms with Gasteiger partial charge in [-0.2, -0.15) is 0 Å². The second-order valence-electron chi connectivity index (χ2n) is 3.86. The van der Waals surface area contributed by atoms with E-state index in [-0.39, 0.29) is 17.1 Å². The van der Waals surface area contributed by atoms with Crippen LogP contribution in [0.3, 0.4) is 0 Å². The molecule has 0 saturated carbocycles. The molecule has 5 nitrogen and oxygen atoms in total. The van der Waals surface area contributed by atoms with Gasteiger partial charge < -0.3 is 19.0 Å². The Morgan fingerprint density at radius 2 is 2.26 bits per heavy atom. The van der Waals surface area contributed by atoms with E-state index >= 15 is 0 Å². The smallest absolute Gasteiger partial charge is 0.383 e. The lowest BCUT2D eigenvalue weighted by Gasteiger charge is -2.08. The fraction of sp³-hybridized carbons (Fsp3) is 0.214. The van der Waals surface area contributed by atoms with Crippen molar-refractivity contribution >= 4 is 11.0 Å². The lowest BCUT2D eigenvalue weighted by Crippen LogP contribution is -2.08. The van der Waals surface area contributed by atoms with Crippen LogP contribution in [0.2, 0.25) is 0 Å². The highest BCUT2D eigenvalue weighted by Crippen LogP contribution is 2.33. The average Bonchev–Trinajstić information content (AvgIpc) is 2.38. The van der Waals surface area contributed by atoms with Gasteiger partial charge in [0.25, 0.3) is 0 Å². The topological polar surface area (TPSA) is 68.9 Å². The molecule has 0 unspecified atom stereocenters. The third-order valence-corrected chi connectivity index (χ3v) is 2.48. The van der Waals surface area contributed by atoms with E-state index in [1.165, 1.54) is 12.3 Å². The largest absolute Gasteiger partial charge is 0.504 e. The van der Waals surface area contributed by atoms with Gasteiger partial charge in [-0.15, -0.1) is 0 Å². The van der Waals surface area contributed by atoms with Crippen molar-refractivity contribution in [3.05, 3.63) is 41.5 Å². The van der Waals surface area contributed by atoms with Gasteiger partial charge in [0.2, 0.25) is 5.75 Å². The summed E-state index contributed by atoms with van der Waals surface area (Å²) in [6.07, 6.45) is 1.99. The Bertz CT molecular complexity index is 657. The molecule has 1 aromatic carbocycles. The Hall–Kier alpha value is -2.43. The minimum Gasteiger partial charge on any atom is -0.504 e. The number of hydrogen-bond acceptors (Lipinski definition) is 5. The lowest BCUT2D eigenvalue weighted by atomic mass is 10.2. The van der Waals surface area contributed by atoms with Crippen LogP contribution in [0.4, 0.5) is 0 Å². The van der Waals surface area contributed by atoms with Gasteiger partial charge in [-0.25, -0.2) is 4.79 Å². The molecule has 0 aliphatic rings. The van der Waals surface area contributed by atoms with E-state index < -0.39 is 5.63 Å². The zero-order valence-electron chi connectivity index (χ0n) is 10.5. The summed E-state index contributed by atoms with van der Waals surface area (Å²) in [6, 6.07) is 4.72. The molecule has 0 spiro atoms. The van der Waals surface area contributed by atoms with Crippen molar-refractivity contribution in [1.29, 1.82) is 0 Å². The second kappa shape index (κ2) is 5.48. The first-order valence-corrected chi connectivity index (χ1v) is 5.87. The van der Waals surface area contributed by atoms with Crippen LogP contribution >= 0.6 is 0 Å². The van der Waals surface area contributed by atoms with Crippen molar-refractivity contribution < 1.29 is 19.0 Å². The lowest BCUT2D eigenvalue weighted by molar-refractivity contribution is 0.285. The highest BCUT2D eigenvalue weighted by Gasteiger charge is 2.15. The predicted molar refractivity (Wildman–Crippen MR) is 70.8 cm³/mol. The van der Waals surface area contributed by atoms with Gasteiger partial charge in [0.1, 0.15) is 11.3 Å². The molecule has 100 valence electrons. The van der Waals surface area contributed by atoms with Crippen LogP contribution in [-0.2, 0) is 0 Å². The minimum absolute atomic E-state index is 0.160. The molecule has 2 rings (SSSR count). The van der Waals surface area contributed by atoms with Crippen molar-refractivity contribution in [3.8, 4) is 17.2 Å². The van der Waals surface area contributed by atoms with Gasteiger partial charge in [-0.3, -0.25) is 0 Å². The van der Waals surface area contributed by atoms with E-state index in [4.69, 9.17) is 13.9 Å². The number of fused-ring (bicyclic) bond motifs is 1. The van der Waals surface area contributed by atoms with Gasteiger partial charge in [0, 0.05) is 6.07 Å². The van der Waals surface area contributed by atoms with E-state index in [9.17, 15) is 9.90 Å². The van der Waals surface area contributed by atoms with Crippen LogP contribution in [0.15, 0.2) is 40.3 Å². The number of rotatable bonds is 5. The molecule has 0 saturated heterocycles. The van der Waals surface area contributed by atoms with E-state index in [1.54, 1.807) is 12.1 Å². The van der Waals surface area contributed by atoms with Crippen LogP contribution in [0.1, 0.15) is 13.3 Å². The van der Waals surface area contributed by atoms with Crippen molar-refractivity contribution in [2.75, 3.05) is 6.61 Å². The molecule has 1 heterocycles. The fourth-order valence-corrected chi connectivity index (χ4v) is 1.65. The normalized spacial score (nSPS) is 10.4. The highest BCUT2D eigenvalue weighted by atomic mass is 16.5. The van der Waals surface area contributed by atoms with Gasteiger partial charge in [-0.1, -0.05) is 13.5 Å². The minimum atomic E-state index is -0.714. The Balaban J connectivity index is 2.55. The molecular formula is C14H14O5. The van der Waals surface area contributed by atoms with Crippen molar-refractivity contribution in [1.82, 2.24) is 0 Å². The van der Waals surface area contributed by atoms with Crippen LogP contribution in [-0.4, -0.2) is 11.7 Å². The third kappa shape index (κ3) is 2.54. The van der Waals surface area contributed by atoms with Crippen molar-refractivity contribution in [2.45, 2.75) is 13.3 Å². The van der Waals surface area contributed by atoms with Crippen molar-refractivity contribution in [3.63, 3.8) is 0 Å². The zero-order valence-corrected chi connectivity index (χ0v) is 10.5. The Labute approximate surface area is 109 Å². The maximum absolute atomic E-state index is 11.7. The first kappa shape index (κ1) is 13.0. The van der Waals surface area contributed by atoms with E-state index in [0.717, 1.165) is 6.42 Å². The first-order chi connectivity index (χ1) is 9.17. The Morgan fingerprint density at radius 3 is 2.95 bits per heavy atom.